The fraction of sp³-hybridized carbons (Fsp3) is 0.529. The van der Waals surface area contributed by atoms with Crippen molar-refractivity contribution in [1.82, 2.24) is 5.32 Å². The van der Waals surface area contributed by atoms with Crippen molar-refractivity contribution in [2.45, 2.75) is 46.5 Å². The average molecular weight is 273 g/mol. The zero-order chi connectivity index (χ0) is 14.8. The number of benzene rings is 1. The highest BCUT2D eigenvalue weighted by Crippen LogP contribution is 2.22. The van der Waals surface area contributed by atoms with Crippen LogP contribution in [0.4, 0.5) is 0 Å². The molecule has 0 saturated carbocycles. The maximum atomic E-state index is 12.1. The van der Waals surface area contributed by atoms with E-state index in [1.165, 1.54) is 24.0 Å². The Bertz CT molecular complexity index is 526. The second-order valence-electron chi connectivity index (χ2n) is 6.55. The molecule has 1 N–H and O–H groups in total. The molecule has 2 rings (SSSR count). The van der Waals surface area contributed by atoms with Crippen molar-refractivity contribution in [3.8, 4) is 0 Å². The molecular weight excluding hydrogens is 250 g/mol. The maximum Gasteiger partial charge on any atom is 0.225 e. The summed E-state index contributed by atoms with van der Waals surface area (Å²) in [5.74, 6) is -0.111. The minimum atomic E-state index is -0.462. The summed E-state index contributed by atoms with van der Waals surface area (Å²) in [4.78, 5) is 23.9. The van der Waals surface area contributed by atoms with Gasteiger partial charge in [0.15, 0.2) is 5.78 Å². The largest absolute Gasteiger partial charge is 0.348 e. The lowest BCUT2D eigenvalue weighted by molar-refractivity contribution is -0.128. The molecule has 3 nitrogen and oxygen atoms in total. The summed E-state index contributed by atoms with van der Waals surface area (Å²) < 4.78 is 0. The van der Waals surface area contributed by atoms with Crippen LogP contribution in [0.15, 0.2) is 18.2 Å². The molecular formula is C17H23NO2. The van der Waals surface area contributed by atoms with E-state index in [0.29, 0.717) is 5.56 Å². The van der Waals surface area contributed by atoms with E-state index in [0.717, 1.165) is 12.8 Å². The lowest BCUT2D eigenvalue weighted by Gasteiger charge is -2.18. The zero-order valence-electron chi connectivity index (χ0n) is 12.6. The van der Waals surface area contributed by atoms with Crippen molar-refractivity contribution in [1.29, 1.82) is 0 Å². The topological polar surface area (TPSA) is 46.2 Å². The molecule has 0 atom stereocenters. The molecule has 0 bridgehead atoms. The minimum Gasteiger partial charge on any atom is -0.348 e. The third-order valence-electron chi connectivity index (χ3n) is 3.76. The van der Waals surface area contributed by atoms with Crippen LogP contribution in [0.1, 0.15) is 55.1 Å². The predicted molar refractivity (Wildman–Crippen MR) is 79.9 cm³/mol. The first-order valence-corrected chi connectivity index (χ1v) is 7.31. The van der Waals surface area contributed by atoms with Gasteiger partial charge in [0.25, 0.3) is 0 Å². The molecule has 1 amide bonds. The van der Waals surface area contributed by atoms with E-state index in [-0.39, 0.29) is 18.2 Å². The Balaban J connectivity index is 2.01. The van der Waals surface area contributed by atoms with Gasteiger partial charge in [-0.25, -0.2) is 0 Å². The van der Waals surface area contributed by atoms with Gasteiger partial charge in [-0.15, -0.1) is 0 Å². The monoisotopic (exact) mass is 273 g/mol. The number of fused-ring (bicyclic) bond motifs is 1. The molecule has 0 fully saturated rings. The van der Waals surface area contributed by atoms with Gasteiger partial charge in [-0.3, -0.25) is 9.59 Å². The Labute approximate surface area is 120 Å². The number of carbonyl (C=O) groups excluding carboxylic acids is 2. The lowest BCUT2D eigenvalue weighted by Crippen LogP contribution is -2.37. The van der Waals surface area contributed by atoms with Crippen molar-refractivity contribution in [2.75, 3.05) is 6.54 Å². The Morgan fingerprint density at radius 3 is 2.40 bits per heavy atom. The Kier molecular flexibility index (Phi) is 4.26. The Hall–Kier alpha value is -1.64. The number of rotatable bonds is 3. The van der Waals surface area contributed by atoms with Crippen LogP contribution in [0.5, 0.6) is 0 Å². The summed E-state index contributed by atoms with van der Waals surface area (Å²) in [6, 6.07) is 5.95. The summed E-state index contributed by atoms with van der Waals surface area (Å²) in [7, 11) is 0. The predicted octanol–water partition coefficient (Wildman–Crippen LogP) is 2.91. The number of hydrogen-bond acceptors (Lipinski definition) is 2. The number of hydrogen-bond donors (Lipinski definition) is 1. The fourth-order valence-electron chi connectivity index (χ4n) is 2.43. The molecule has 108 valence electrons. The second-order valence-corrected chi connectivity index (χ2v) is 6.55. The first-order valence-electron chi connectivity index (χ1n) is 7.31. The summed E-state index contributed by atoms with van der Waals surface area (Å²) >= 11 is 0. The van der Waals surface area contributed by atoms with Crippen molar-refractivity contribution < 1.29 is 9.59 Å². The van der Waals surface area contributed by atoms with Gasteiger partial charge in [-0.1, -0.05) is 32.9 Å². The van der Waals surface area contributed by atoms with Gasteiger partial charge < -0.3 is 5.32 Å². The third kappa shape index (κ3) is 3.47. The van der Waals surface area contributed by atoms with Gasteiger partial charge >= 0.3 is 0 Å². The second kappa shape index (κ2) is 5.78. The third-order valence-corrected chi connectivity index (χ3v) is 3.76. The standard InChI is InChI=1S/C17H23NO2/c1-17(2,3)16(20)18-11-15(19)14-9-8-12-6-4-5-7-13(12)10-14/h8-10H,4-7,11H2,1-3H3,(H,18,20). The Morgan fingerprint density at radius 1 is 1.10 bits per heavy atom. The molecule has 1 aromatic rings. The van der Waals surface area contributed by atoms with Crippen LogP contribution in [-0.2, 0) is 17.6 Å². The van der Waals surface area contributed by atoms with E-state index in [4.69, 9.17) is 0 Å². The lowest BCUT2D eigenvalue weighted by atomic mass is 9.89. The van der Waals surface area contributed by atoms with Crippen molar-refractivity contribution in [3.63, 3.8) is 0 Å². The molecule has 1 aliphatic rings. The molecule has 0 unspecified atom stereocenters. The van der Waals surface area contributed by atoms with Crippen LogP contribution in [0.3, 0.4) is 0 Å². The number of ketones is 1. The van der Waals surface area contributed by atoms with Crippen LogP contribution in [0.25, 0.3) is 0 Å². The highest BCUT2D eigenvalue weighted by molar-refractivity contribution is 6.00. The van der Waals surface area contributed by atoms with Gasteiger partial charge in [-0.2, -0.15) is 0 Å². The van der Waals surface area contributed by atoms with Gasteiger partial charge in [0.2, 0.25) is 5.91 Å². The van der Waals surface area contributed by atoms with E-state index >= 15 is 0 Å². The molecule has 3 heteroatoms. The van der Waals surface area contributed by atoms with E-state index in [1.807, 2.05) is 32.9 Å². The van der Waals surface area contributed by atoms with Gasteiger partial charge in [0.05, 0.1) is 6.54 Å². The molecule has 0 saturated heterocycles. The molecule has 0 aliphatic heterocycles. The number of aryl methyl sites for hydroxylation is 2. The molecule has 1 aromatic carbocycles. The number of carbonyl (C=O) groups is 2. The molecule has 0 radical (unpaired) electrons. The van der Waals surface area contributed by atoms with Crippen molar-refractivity contribution in [3.05, 3.63) is 34.9 Å². The van der Waals surface area contributed by atoms with E-state index in [9.17, 15) is 9.59 Å². The summed E-state index contributed by atoms with van der Waals surface area (Å²) in [6.07, 6.45) is 4.61. The number of amides is 1. The van der Waals surface area contributed by atoms with Gasteiger partial charge in [0, 0.05) is 11.0 Å². The molecule has 0 aromatic heterocycles. The van der Waals surface area contributed by atoms with Crippen LogP contribution in [-0.4, -0.2) is 18.2 Å². The van der Waals surface area contributed by atoms with Crippen LogP contribution in [0.2, 0.25) is 0 Å². The van der Waals surface area contributed by atoms with E-state index in [2.05, 4.69) is 11.4 Å². The first-order chi connectivity index (χ1) is 9.38. The minimum absolute atomic E-state index is 0.0176. The molecule has 20 heavy (non-hydrogen) atoms. The Morgan fingerprint density at radius 2 is 1.75 bits per heavy atom. The van der Waals surface area contributed by atoms with Crippen molar-refractivity contribution >= 4 is 11.7 Å². The quantitative estimate of drug-likeness (QED) is 0.861. The van der Waals surface area contributed by atoms with Gasteiger partial charge in [-0.05, 0) is 42.9 Å². The number of Topliss-reactive ketones (excluding diaryl/α,β-unsaturated/α-hetero) is 1. The molecule has 0 spiro atoms. The van der Waals surface area contributed by atoms with E-state index in [1.54, 1.807) is 0 Å². The SMILES string of the molecule is CC(C)(C)C(=O)NCC(=O)c1ccc2c(c1)CCCC2. The number of nitrogens with one attached hydrogen (secondary N) is 1. The summed E-state index contributed by atoms with van der Waals surface area (Å²) in [5.41, 5.74) is 2.91. The molecule has 1 aliphatic carbocycles. The van der Waals surface area contributed by atoms with Crippen molar-refractivity contribution in [2.24, 2.45) is 5.41 Å². The highest BCUT2D eigenvalue weighted by Gasteiger charge is 2.21. The average Bonchev–Trinajstić information content (AvgIpc) is 2.42. The fourth-order valence-corrected chi connectivity index (χ4v) is 2.43. The smallest absolute Gasteiger partial charge is 0.225 e. The highest BCUT2D eigenvalue weighted by atomic mass is 16.2. The summed E-state index contributed by atoms with van der Waals surface area (Å²) in [5, 5.41) is 2.71. The van der Waals surface area contributed by atoms with Crippen LogP contribution >= 0.6 is 0 Å². The van der Waals surface area contributed by atoms with E-state index < -0.39 is 5.41 Å². The normalized spacial score (nSPS) is 14.6. The first kappa shape index (κ1) is 14.8. The molecule has 0 heterocycles. The maximum absolute atomic E-state index is 12.1. The summed E-state index contributed by atoms with van der Waals surface area (Å²) in [6.45, 7) is 5.60. The van der Waals surface area contributed by atoms with Crippen LogP contribution < -0.4 is 5.32 Å². The zero-order valence-corrected chi connectivity index (χ0v) is 12.6. The van der Waals surface area contributed by atoms with Gasteiger partial charge in [0.1, 0.15) is 0 Å². The van der Waals surface area contributed by atoms with Crippen LogP contribution in [0, 0.1) is 5.41 Å².